The Kier molecular flexibility index (Phi) is 2.09. The summed E-state index contributed by atoms with van der Waals surface area (Å²) in [4.78, 5) is 10.4. The fourth-order valence-corrected chi connectivity index (χ4v) is 1.45. The summed E-state index contributed by atoms with van der Waals surface area (Å²) in [6.45, 7) is 0. The molecule has 0 unspecified atom stereocenters. The lowest BCUT2D eigenvalue weighted by atomic mass is 10.00. The smallest absolute Gasteiger partial charge is 0.150 e. The quantitative estimate of drug-likeness (QED) is 0.624. The van der Waals surface area contributed by atoms with Crippen molar-refractivity contribution in [2.75, 3.05) is 0 Å². The molecular formula is C12H10O. The lowest BCUT2D eigenvalue weighted by Gasteiger charge is -2.04. The van der Waals surface area contributed by atoms with Crippen LogP contribution in [0.15, 0.2) is 48.6 Å². The Morgan fingerprint density at radius 2 is 1.62 bits per heavy atom. The van der Waals surface area contributed by atoms with Crippen LogP contribution in [-0.4, -0.2) is 6.29 Å². The molecule has 0 bridgehead atoms. The van der Waals surface area contributed by atoms with Gasteiger partial charge in [-0.2, -0.15) is 0 Å². The lowest BCUT2D eigenvalue weighted by Crippen LogP contribution is -1.89. The van der Waals surface area contributed by atoms with Crippen LogP contribution in [0.3, 0.4) is 0 Å². The Hall–Kier alpha value is -1.63. The number of carbonyl (C=O) groups is 1. The maximum Gasteiger partial charge on any atom is 0.150 e. The monoisotopic (exact) mass is 170 g/mol. The molecule has 0 aliphatic heterocycles. The minimum absolute atomic E-state index is 0.390. The Balaban J connectivity index is 2.27. The summed E-state index contributed by atoms with van der Waals surface area (Å²) < 4.78 is 0. The molecule has 0 heterocycles. The molecule has 64 valence electrons. The summed E-state index contributed by atoms with van der Waals surface area (Å²) in [5, 5.41) is 0. The summed E-state index contributed by atoms with van der Waals surface area (Å²) in [5.74, 6) is 0.390. The first-order chi connectivity index (χ1) is 6.40. The zero-order valence-electron chi connectivity index (χ0n) is 7.18. The van der Waals surface area contributed by atoms with Gasteiger partial charge in [-0.3, -0.25) is 4.79 Å². The molecule has 13 heavy (non-hydrogen) atoms. The molecule has 0 saturated carbocycles. The van der Waals surface area contributed by atoms with Gasteiger partial charge in [0.1, 0.15) is 6.29 Å². The van der Waals surface area contributed by atoms with Gasteiger partial charge in [0.05, 0.1) is 0 Å². The van der Waals surface area contributed by atoms with E-state index in [1.54, 1.807) is 0 Å². The average Bonchev–Trinajstić information content (AvgIpc) is 2.71. The molecule has 1 aliphatic carbocycles. The third-order valence-electron chi connectivity index (χ3n) is 2.21. The number of hydrogen-bond acceptors (Lipinski definition) is 1. The minimum Gasteiger partial charge on any atom is -0.298 e. The highest BCUT2D eigenvalue weighted by Crippen LogP contribution is 2.22. The van der Waals surface area contributed by atoms with E-state index >= 15 is 0 Å². The van der Waals surface area contributed by atoms with E-state index in [4.69, 9.17) is 0 Å². The predicted molar refractivity (Wildman–Crippen MR) is 52.9 cm³/mol. The van der Waals surface area contributed by atoms with E-state index < -0.39 is 0 Å². The van der Waals surface area contributed by atoms with E-state index in [0.717, 1.165) is 11.8 Å². The molecule has 1 heteroatoms. The summed E-state index contributed by atoms with van der Waals surface area (Å²) in [6.07, 6.45) is 9.21. The largest absolute Gasteiger partial charge is 0.298 e. The second-order valence-electron chi connectivity index (χ2n) is 3.08. The third-order valence-corrected chi connectivity index (χ3v) is 2.21. The number of aldehydes is 1. The van der Waals surface area contributed by atoms with Crippen molar-refractivity contribution in [2.45, 2.75) is 5.92 Å². The zero-order valence-corrected chi connectivity index (χ0v) is 7.18. The van der Waals surface area contributed by atoms with Crippen molar-refractivity contribution < 1.29 is 4.79 Å². The average molecular weight is 170 g/mol. The first-order valence-corrected chi connectivity index (χ1v) is 4.30. The van der Waals surface area contributed by atoms with Crippen molar-refractivity contribution >= 4 is 6.29 Å². The number of allylic oxidation sites excluding steroid dienone is 4. The van der Waals surface area contributed by atoms with Crippen LogP contribution in [0.2, 0.25) is 0 Å². The molecule has 0 amide bonds. The Bertz CT molecular complexity index is 345. The second-order valence-corrected chi connectivity index (χ2v) is 3.08. The van der Waals surface area contributed by atoms with Gasteiger partial charge in [-0.1, -0.05) is 48.6 Å². The van der Waals surface area contributed by atoms with E-state index in [9.17, 15) is 4.79 Å². The van der Waals surface area contributed by atoms with Gasteiger partial charge in [0.25, 0.3) is 0 Å². The molecule has 0 saturated heterocycles. The van der Waals surface area contributed by atoms with Crippen LogP contribution in [-0.2, 0) is 0 Å². The van der Waals surface area contributed by atoms with Gasteiger partial charge in [-0.25, -0.2) is 0 Å². The van der Waals surface area contributed by atoms with Crippen LogP contribution in [0, 0.1) is 0 Å². The second kappa shape index (κ2) is 3.40. The molecule has 1 aromatic carbocycles. The number of carbonyl (C=O) groups excluding carboxylic acids is 1. The number of hydrogen-bond donors (Lipinski definition) is 0. The maximum absolute atomic E-state index is 10.4. The number of rotatable bonds is 2. The molecule has 2 rings (SSSR count). The Morgan fingerprint density at radius 3 is 2.15 bits per heavy atom. The maximum atomic E-state index is 10.4. The fourth-order valence-electron chi connectivity index (χ4n) is 1.45. The molecule has 0 aromatic heterocycles. The van der Waals surface area contributed by atoms with Crippen LogP contribution in [0.5, 0.6) is 0 Å². The van der Waals surface area contributed by atoms with Gasteiger partial charge in [0.15, 0.2) is 0 Å². The first-order valence-electron chi connectivity index (χ1n) is 4.30. The van der Waals surface area contributed by atoms with Gasteiger partial charge in [0, 0.05) is 11.5 Å². The van der Waals surface area contributed by atoms with E-state index in [0.29, 0.717) is 5.92 Å². The van der Waals surface area contributed by atoms with Crippen LogP contribution in [0.25, 0.3) is 0 Å². The SMILES string of the molecule is O=Cc1ccc(C2C=CC=C2)cc1. The van der Waals surface area contributed by atoms with Crippen LogP contribution < -0.4 is 0 Å². The Morgan fingerprint density at radius 1 is 1.00 bits per heavy atom. The van der Waals surface area contributed by atoms with E-state index in [2.05, 4.69) is 12.2 Å². The van der Waals surface area contributed by atoms with Crippen molar-refractivity contribution in [3.8, 4) is 0 Å². The van der Waals surface area contributed by atoms with Crippen molar-refractivity contribution in [3.05, 3.63) is 59.7 Å². The normalized spacial score (nSPS) is 15.1. The van der Waals surface area contributed by atoms with Crippen LogP contribution >= 0.6 is 0 Å². The topological polar surface area (TPSA) is 17.1 Å². The summed E-state index contributed by atoms with van der Waals surface area (Å²) in [6, 6.07) is 7.69. The van der Waals surface area contributed by atoms with Crippen molar-refractivity contribution in [2.24, 2.45) is 0 Å². The predicted octanol–water partition coefficient (Wildman–Crippen LogP) is 2.71. The highest BCUT2D eigenvalue weighted by molar-refractivity contribution is 5.74. The van der Waals surface area contributed by atoms with Crippen molar-refractivity contribution in [3.63, 3.8) is 0 Å². The molecule has 1 aromatic rings. The van der Waals surface area contributed by atoms with Gasteiger partial charge in [-0.15, -0.1) is 0 Å². The van der Waals surface area contributed by atoms with Crippen molar-refractivity contribution in [1.82, 2.24) is 0 Å². The molecule has 0 spiro atoms. The van der Waals surface area contributed by atoms with Gasteiger partial charge >= 0.3 is 0 Å². The first kappa shape index (κ1) is 7.99. The highest BCUT2D eigenvalue weighted by atomic mass is 16.1. The van der Waals surface area contributed by atoms with E-state index in [-0.39, 0.29) is 0 Å². The summed E-state index contributed by atoms with van der Waals surface area (Å²) >= 11 is 0. The molecule has 1 aliphatic rings. The van der Waals surface area contributed by atoms with E-state index in [1.165, 1.54) is 5.56 Å². The van der Waals surface area contributed by atoms with Gasteiger partial charge < -0.3 is 0 Å². The fraction of sp³-hybridized carbons (Fsp3) is 0.0833. The summed E-state index contributed by atoms with van der Waals surface area (Å²) in [5.41, 5.74) is 1.96. The minimum atomic E-state index is 0.390. The van der Waals surface area contributed by atoms with Gasteiger partial charge in [-0.05, 0) is 5.56 Å². The molecule has 0 radical (unpaired) electrons. The molecule has 1 nitrogen and oxygen atoms in total. The highest BCUT2D eigenvalue weighted by Gasteiger charge is 2.05. The molecule has 0 atom stereocenters. The lowest BCUT2D eigenvalue weighted by molar-refractivity contribution is 0.112. The zero-order chi connectivity index (χ0) is 9.10. The van der Waals surface area contributed by atoms with Gasteiger partial charge in [0.2, 0.25) is 0 Å². The van der Waals surface area contributed by atoms with Crippen LogP contribution in [0.1, 0.15) is 21.8 Å². The van der Waals surface area contributed by atoms with E-state index in [1.807, 2.05) is 36.4 Å². The standard InChI is InChI=1S/C12H10O/c13-9-10-5-7-12(8-6-10)11-3-1-2-4-11/h1-9,11H. The number of benzene rings is 1. The molecule has 0 N–H and O–H groups in total. The molecule has 0 fully saturated rings. The molecular weight excluding hydrogens is 160 g/mol. The van der Waals surface area contributed by atoms with Crippen LogP contribution in [0.4, 0.5) is 0 Å². The third kappa shape index (κ3) is 1.59. The van der Waals surface area contributed by atoms with Crippen molar-refractivity contribution in [1.29, 1.82) is 0 Å². The Labute approximate surface area is 77.4 Å². The summed E-state index contributed by atoms with van der Waals surface area (Å²) in [7, 11) is 0.